The van der Waals surface area contributed by atoms with Crippen molar-refractivity contribution < 1.29 is 14.3 Å². The van der Waals surface area contributed by atoms with Gasteiger partial charge in [-0.3, -0.25) is 0 Å². The van der Waals surface area contributed by atoms with Gasteiger partial charge >= 0.3 is 6.09 Å². The molecule has 1 heterocycles. The molecule has 1 aliphatic rings. The van der Waals surface area contributed by atoms with Gasteiger partial charge < -0.3 is 14.4 Å². The van der Waals surface area contributed by atoms with Gasteiger partial charge in [-0.2, -0.15) is 5.26 Å². The number of ether oxygens (including phenoxy) is 1. The molecule has 16 heavy (non-hydrogen) atoms. The Morgan fingerprint density at radius 2 is 2.12 bits per heavy atom. The van der Waals surface area contributed by atoms with Gasteiger partial charge in [0.15, 0.2) is 0 Å². The largest absolute Gasteiger partial charge is 0.444 e. The second-order valence-corrected chi connectivity index (χ2v) is 4.94. The number of aldehydes is 1. The van der Waals surface area contributed by atoms with Crippen LogP contribution in [0.2, 0.25) is 0 Å². The number of carbonyl (C=O) groups is 2. The SMILES string of the molecule is CC(C)(C)OC(=O)N1CC(C(C#N)C=O)C1. The molecular weight excluding hydrogens is 208 g/mol. The molecule has 1 saturated heterocycles. The van der Waals surface area contributed by atoms with E-state index in [2.05, 4.69) is 0 Å². The molecule has 1 amide bonds. The van der Waals surface area contributed by atoms with Crippen molar-refractivity contribution in [2.24, 2.45) is 11.8 Å². The number of likely N-dealkylation sites (tertiary alicyclic amines) is 1. The Hall–Kier alpha value is -1.57. The maximum atomic E-state index is 11.5. The number of nitrogens with zero attached hydrogens (tertiary/aromatic N) is 2. The molecule has 1 aliphatic heterocycles. The van der Waals surface area contributed by atoms with Gasteiger partial charge in [-0.15, -0.1) is 0 Å². The highest BCUT2D eigenvalue weighted by molar-refractivity contribution is 5.70. The van der Waals surface area contributed by atoms with Crippen LogP contribution in [-0.2, 0) is 9.53 Å². The van der Waals surface area contributed by atoms with E-state index in [1.807, 2.05) is 6.07 Å². The van der Waals surface area contributed by atoms with Crippen molar-refractivity contribution in [3.8, 4) is 6.07 Å². The minimum atomic E-state index is -0.612. The summed E-state index contributed by atoms with van der Waals surface area (Å²) in [6, 6.07) is 1.91. The summed E-state index contributed by atoms with van der Waals surface area (Å²) < 4.78 is 5.15. The van der Waals surface area contributed by atoms with Crippen molar-refractivity contribution in [3.05, 3.63) is 0 Å². The second-order valence-electron chi connectivity index (χ2n) is 4.94. The van der Waals surface area contributed by atoms with Crippen molar-refractivity contribution in [3.63, 3.8) is 0 Å². The highest BCUT2D eigenvalue weighted by Gasteiger charge is 2.38. The average Bonchev–Trinajstić information content (AvgIpc) is 2.06. The van der Waals surface area contributed by atoms with Crippen molar-refractivity contribution in [2.75, 3.05) is 13.1 Å². The molecule has 0 aromatic heterocycles. The normalized spacial score (nSPS) is 18.2. The standard InChI is InChI=1S/C11H16N2O3/c1-11(2,3)16-10(15)13-5-9(6-13)8(4-12)7-14/h7-9H,5-6H2,1-3H3. The van der Waals surface area contributed by atoms with Gasteiger partial charge in [0, 0.05) is 19.0 Å². The Bertz CT molecular complexity index is 321. The number of nitriles is 1. The molecule has 1 rings (SSSR count). The molecule has 0 saturated carbocycles. The number of hydrogen-bond acceptors (Lipinski definition) is 4. The van der Waals surface area contributed by atoms with Crippen LogP contribution in [-0.4, -0.2) is 36.0 Å². The van der Waals surface area contributed by atoms with Gasteiger partial charge in [-0.25, -0.2) is 4.79 Å². The van der Waals surface area contributed by atoms with Crippen LogP contribution in [0, 0.1) is 23.2 Å². The van der Waals surface area contributed by atoms with E-state index in [0.717, 1.165) is 0 Å². The third-order valence-electron chi connectivity index (χ3n) is 2.37. The molecule has 5 nitrogen and oxygen atoms in total. The summed E-state index contributed by atoms with van der Waals surface area (Å²) in [5, 5.41) is 8.66. The Morgan fingerprint density at radius 1 is 1.56 bits per heavy atom. The first-order valence-corrected chi connectivity index (χ1v) is 5.20. The fourth-order valence-corrected chi connectivity index (χ4v) is 1.46. The van der Waals surface area contributed by atoms with Gasteiger partial charge in [0.05, 0.1) is 6.07 Å². The van der Waals surface area contributed by atoms with Gasteiger partial charge in [-0.05, 0) is 20.8 Å². The average molecular weight is 224 g/mol. The first-order chi connectivity index (χ1) is 7.37. The van der Waals surface area contributed by atoms with Crippen LogP contribution in [0.4, 0.5) is 4.79 Å². The third-order valence-corrected chi connectivity index (χ3v) is 2.37. The maximum absolute atomic E-state index is 11.5. The molecule has 1 fully saturated rings. The summed E-state index contributed by atoms with van der Waals surface area (Å²) in [6.45, 7) is 6.24. The van der Waals surface area contributed by atoms with Gasteiger partial charge in [0.2, 0.25) is 0 Å². The molecule has 0 aromatic carbocycles. The van der Waals surface area contributed by atoms with Crippen molar-refractivity contribution in [1.82, 2.24) is 4.90 Å². The molecule has 1 unspecified atom stereocenters. The van der Waals surface area contributed by atoms with Crippen LogP contribution in [0.15, 0.2) is 0 Å². The summed E-state index contributed by atoms with van der Waals surface area (Å²) in [7, 11) is 0. The van der Waals surface area contributed by atoms with Crippen LogP contribution in [0.5, 0.6) is 0 Å². The molecule has 0 N–H and O–H groups in total. The lowest BCUT2D eigenvalue weighted by atomic mass is 9.88. The Kier molecular flexibility index (Phi) is 3.53. The Labute approximate surface area is 95.0 Å². The fourth-order valence-electron chi connectivity index (χ4n) is 1.46. The molecule has 0 aromatic rings. The summed E-state index contributed by atoms with van der Waals surface area (Å²) in [6.07, 6.45) is 0.253. The zero-order chi connectivity index (χ0) is 12.3. The molecule has 0 aliphatic carbocycles. The number of rotatable bonds is 2. The highest BCUT2D eigenvalue weighted by Crippen LogP contribution is 2.24. The lowest BCUT2D eigenvalue weighted by Gasteiger charge is -2.40. The molecule has 0 spiro atoms. The van der Waals surface area contributed by atoms with Gasteiger partial charge in [0.25, 0.3) is 0 Å². The first-order valence-electron chi connectivity index (χ1n) is 5.20. The molecular formula is C11H16N2O3. The van der Waals surface area contributed by atoms with E-state index in [9.17, 15) is 9.59 Å². The number of amides is 1. The molecule has 88 valence electrons. The van der Waals surface area contributed by atoms with E-state index in [4.69, 9.17) is 10.00 Å². The monoisotopic (exact) mass is 224 g/mol. The zero-order valence-electron chi connectivity index (χ0n) is 9.77. The third kappa shape index (κ3) is 2.96. The predicted molar refractivity (Wildman–Crippen MR) is 56.5 cm³/mol. The summed E-state index contributed by atoms with van der Waals surface area (Å²) in [5.74, 6) is -0.659. The van der Waals surface area contributed by atoms with Crippen LogP contribution in [0.1, 0.15) is 20.8 Å². The van der Waals surface area contributed by atoms with Crippen molar-refractivity contribution >= 4 is 12.4 Å². The molecule has 5 heteroatoms. The van der Waals surface area contributed by atoms with E-state index in [-0.39, 0.29) is 12.0 Å². The van der Waals surface area contributed by atoms with E-state index >= 15 is 0 Å². The number of carbonyl (C=O) groups excluding carboxylic acids is 2. The van der Waals surface area contributed by atoms with Gasteiger partial charge in [-0.1, -0.05) is 0 Å². The molecule has 1 atom stereocenters. The Morgan fingerprint density at radius 3 is 2.50 bits per heavy atom. The van der Waals surface area contributed by atoms with Crippen LogP contribution >= 0.6 is 0 Å². The first kappa shape index (κ1) is 12.5. The summed E-state index contributed by atoms with van der Waals surface area (Å²) in [4.78, 5) is 23.5. The lowest BCUT2D eigenvalue weighted by Crippen LogP contribution is -2.54. The summed E-state index contributed by atoms with van der Waals surface area (Å²) >= 11 is 0. The second kappa shape index (κ2) is 4.52. The fraction of sp³-hybridized carbons (Fsp3) is 0.727. The van der Waals surface area contributed by atoms with Crippen molar-refractivity contribution in [1.29, 1.82) is 5.26 Å². The minimum Gasteiger partial charge on any atom is -0.444 e. The Balaban J connectivity index is 2.39. The van der Waals surface area contributed by atoms with Crippen molar-refractivity contribution in [2.45, 2.75) is 26.4 Å². The maximum Gasteiger partial charge on any atom is 0.410 e. The van der Waals surface area contributed by atoms with E-state index in [1.165, 1.54) is 4.90 Å². The zero-order valence-corrected chi connectivity index (χ0v) is 9.77. The van der Waals surface area contributed by atoms with E-state index in [0.29, 0.717) is 19.4 Å². The van der Waals surface area contributed by atoms with Crippen LogP contribution < -0.4 is 0 Å². The smallest absolute Gasteiger partial charge is 0.410 e. The van der Waals surface area contributed by atoms with Crippen LogP contribution in [0.3, 0.4) is 0 Å². The van der Waals surface area contributed by atoms with E-state index < -0.39 is 11.5 Å². The number of hydrogen-bond donors (Lipinski definition) is 0. The minimum absolute atomic E-state index is 0.0463. The molecule has 0 bridgehead atoms. The van der Waals surface area contributed by atoms with E-state index in [1.54, 1.807) is 20.8 Å². The quantitative estimate of drug-likeness (QED) is 0.660. The topological polar surface area (TPSA) is 70.4 Å². The molecule has 0 radical (unpaired) electrons. The predicted octanol–water partition coefficient (Wildman–Crippen LogP) is 1.19. The summed E-state index contributed by atoms with van der Waals surface area (Å²) in [5.41, 5.74) is -0.512. The lowest BCUT2D eigenvalue weighted by molar-refractivity contribution is -0.112. The van der Waals surface area contributed by atoms with Gasteiger partial charge in [0.1, 0.15) is 17.8 Å². The van der Waals surface area contributed by atoms with Crippen LogP contribution in [0.25, 0.3) is 0 Å². The highest BCUT2D eigenvalue weighted by atomic mass is 16.6.